The van der Waals surface area contributed by atoms with Gasteiger partial charge >= 0.3 is 0 Å². The third-order valence-corrected chi connectivity index (χ3v) is 7.02. The van der Waals surface area contributed by atoms with Crippen LogP contribution in [0, 0.1) is 0 Å². The lowest BCUT2D eigenvalue weighted by atomic mass is 9.85. The van der Waals surface area contributed by atoms with Gasteiger partial charge in [0.05, 0.1) is 6.04 Å². The van der Waals surface area contributed by atoms with Crippen LogP contribution in [-0.2, 0) is 0 Å². The van der Waals surface area contributed by atoms with Crippen molar-refractivity contribution < 1.29 is 4.42 Å². The van der Waals surface area contributed by atoms with E-state index in [0.717, 1.165) is 11.2 Å². The molecular weight excluding hydrogens is 378 g/mol. The van der Waals surface area contributed by atoms with E-state index in [-0.39, 0.29) is 0 Å². The van der Waals surface area contributed by atoms with Crippen LogP contribution in [0.3, 0.4) is 0 Å². The lowest BCUT2D eigenvalue weighted by Crippen LogP contribution is -2.29. The number of furan rings is 1. The summed E-state index contributed by atoms with van der Waals surface area (Å²) >= 11 is 0. The third kappa shape index (κ3) is 2.33. The van der Waals surface area contributed by atoms with E-state index >= 15 is 0 Å². The van der Waals surface area contributed by atoms with Gasteiger partial charge in [0, 0.05) is 29.4 Å². The first-order valence-corrected chi connectivity index (χ1v) is 10.8. The normalized spacial score (nSPS) is 19.8. The Hall–Kier alpha value is -3.78. The van der Waals surface area contributed by atoms with E-state index in [0.29, 0.717) is 12.0 Å². The molecule has 0 saturated carbocycles. The predicted octanol–water partition coefficient (Wildman–Crippen LogP) is 7.29. The molecule has 0 spiro atoms. The Kier molecular flexibility index (Phi) is 3.35. The average molecular weight is 399 g/mol. The SMILES string of the molecule is CN1c2ccc3ccccc3c2C2C=CC(c3ccc4c(c3)oc3ccccc34)=CC21. The van der Waals surface area contributed by atoms with Crippen molar-refractivity contribution in [3.63, 3.8) is 0 Å². The summed E-state index contributed by atoms with van der Waals surface area (Å²) in [7, 11) is 2.22. The summed E-state index contributed by atoms with van der Waals surface area (Å²) in [6, 6.07) is 28.4. The molecule has 2 unspecified atom stereocenters. The van der Waals surface area contributed by atoms with Gasteiger partial charge in [-0.15, -0.1) is 0 Å². The van der Waals surface area contributed by atoms with E-state index in [2.05, 4.69) is 96.9 Å². The summed E-state index contributed by atoms with van der Waals surface area (Å²) in [5.41, 5.74) is 7.14. The summed E-state index contributed by atoms with van der Waals surface area (Å²) in [4.78, 5) is 2.43. The Labute approximate surface area is 180 Å². The molecule has 4 aromatic carbocycles. The molecule has 0 bridgehead atoms. The van der Waals surface area contributed by atoms with Crippen LogP contribution in [0.15, 0.2) is 102 Å². The maximum atomic E-state index is 6.13. The molecule has 0 fully saturated rings. The quantitative estimate of drug-likeness (QED) is 0.294. The van der Waals surface area contributed by atoms with Gasteiger partial charge in [0.25, 0.3) is 0 Å². The van der Waals surface area contributed by atoms with Crippen molar-refractivity contribution in [2.24, 2.45) is 0 Å². The van der Waals surface area contributed by atoms with Crippen LogP contribution in [0.4, 0.5) is 5.69 Å². The monoisotopic (exact) mass is 399 g/mol. The molecule has 0 N–H and O–H groups in total. The fraction of sp³-hybridized carbons (Fsp3) is 0.103. The van der Waals surface area contributed by atoms with Gasteiger partial charge in [0.15, 0.2) is 0 Å². The summed E-state index contributed by atoms with van der Waals surface area (Å²) in [5, 5.41) is 5.03. The lowest BCUT2D eigenvalue weighted by molar-refractivity contribution is 0.669. The summed E-state index contributed by atoms with van der Waals surface area (Å²) < 4.78 is 6.13. The van der Waals surface area contributed by atoms with Crippen LogP contribution in [0.1, 0.15) is 17.0 Å². The van der Waals surface area contributed by atoms with Gasteiger partial charge in [0.1, 0.15) is 11.2 Å². The minimum absolute atomic E-state index is 0.326. The Bertz CT molecular complexity index is 1570. The Morgan fingerprint density at radius 3 is 2.52 bits per heavy atom. The van der Waals surface area contributed by atoms with Crippen LogP contribution in [-0.4, -0.2) is 13.1 Å². The molecule has 2 atom stereocenters. The fourth-order valence-corrected chi connectivity index (χ4v) is 5.48. The molecule has 0 saturated heterocycles. The highest BCUT2D eigenvalue weighted by Gasteiger charge is 2.36. The van der Waals surface area contributed by atoms with E-state index in [1.807, 2.05) is 12.1 Å². The van der Waals surface area contributed by atoms with Gasteiger partial charge < -0.3 is 9.32 Å². The molecule has 0 radical (unpaired) electrons. The second kappa shape index (κ2) is 6.12. The molecule has 1 aliphatic heterocycles. The van der Waals surface area contributed by atoms with Crippen LogP contribution >= 0.6 is 0 Å². The minimum Gasteiger partial charge on any atom is -0.456 e. The number of rotatable bonds is 1. The molecule has 2 heterocycles. The van der Waals surface area contributed by atoms with Gasteiger partial charge in [-0.2, -0.15) is 0 Å². The topological polar surface area (TPSA) is 16.4 Å². The maximum Gasteiger partial charge on any atom is 0.136 e. The average Bonchev–Trinajstić information content (AvgIpc) is 3.34. The highest BCUT2D eigenvalue weighted by molar-refractivity contribution is 6.05. The highest BCUT2D eigenvalue weighted by Crippen LogP contribution is 2.48. The van der Waals surface area contributed by atoms with Crippen molar-refractivity contribution >= 4 is 44.0 Å². The summed E-state index contributed by atoms with van der Waals surface area (Å²) in [5.74, 6) is 0.379. The second-order valence-corrected chi connectivity index (χ2v) is 8.64. The molecule has 7 rings (SSSR count). The fourth-order valence-electron chi connectivity index (χ4n) is 5.48. The van der Waals surface area contributed by atoms with Crippen LogP contribution in [0.25, 0.3) is 38.3 Å². The molecule has 1 aromatic heterocycles. The minimum atomic E-state index is 0.326. The van der Waals surface area contributed by atoms with Crippen LogP contribution in [0.2, 0.25) is 0 Å². The zero-order valence-electron chi connectivity index (χ0n) is 17.2. The third-order valence-electron chi connectivity index (χ3n) is 7.02. The Morgan fingerprint density at radius 1 is 0.774 bits per heavy atom. The first-order valence-electron chi connectivity index (χ1n) is 10.8. The zero-order valence-corrected chi connectivity index (χ0v) is 17.2. The van der Waals surface area contributed by atoms with E-state index < -0.39 is 0 Å². The Morgan fingerprint density at radius 2 is 1.58 bits per heavy atom. The maximum absolute atomic E-state index is 6.13. The molecule has 2 aliphatic rings. The first-order chi connectivity index (χ1) is 15.3. The smallest absolute Gasteiger partial charge is 0.136 e. The second-order valence-electron chi connectivity index (χ2n) is 8.64. The lowest BCUT2D eigenvalue weighted by Gasteiger charge is -2.26. The number of likely N-dealkylation sites (N-methyl/N-ethyl adjacent to an activating group) is 1. The molecule has 31 heavy (non-hydrogen) atoms. The molecule has 1 aliphatic carbocycles. The zero-order chi connectivity index (χ0) is 20.5. The number of benzene rings is 4. The number of nitrogens with zero attached hydrogens (tertiary/aromatic N) is 1. The number of hydrogen-bond donors (Lipinski definition) is 0. The Balaban J connectivity index is 1.34. The first kappa shape index (κ1) is 17.0. The number of fused-ring (bicyclic) bond motifs is 8. The van der Waals surface area contributed by atoms with Gasteiger partial charge in [-0.25, -0.2) is 0 Å². The highest BCUT2D eigenvalue weighted by atomic mass is 16.3. The van der Waals surface area contributed by atoms with Crippen molar-refractivity contribution in [2.45, 2.75) is 12.0 Å². The van der Waals surface area contributed by atoms with Crippen molar-refractivity contribution in [3.05, 3.63) is 108 Å². The standard InChI is InChI=1S/C29H21NO/c1-30-25-15-12-18-6-2-3-7-21(18)29(25)24-14-11-19(16-26(24)30)20-10-13-23-22-8-4-5-9-27(22)31-28(23)17-20/h2-17,24,26H,1H3. The predicted molar refractivity (Wildman–Crippen MR) is 130 cm³/mol. The molecule has 2 heteroatoms. The van der Waals surface area contributed by atoms with Gasteiger partial charge in [-0.05, 0) is 51.7 Å². The number of para-hydroxylation sites is 1. The van der Waals surface area contributed by atoms with E-state index in [1.165, 1.54) is 43.9 Å². The molecule has 148 valence electrons. The molecular formula is C29H21NO. The molecule has 0 amide bonds. The van der Waals surface area contributed by atoms with E-state index in [4.69, 9.17) is 4.42 Å². The number of hydrogen-bond acceptors (Lipinski definition) is 2. The van der Waals surface area contributed by atoms with E-state index in [9.17, 15) is 0 Å². The van der Waals surface area contributed by atoms with Crippen LogP contribution in [0.5, 0.6) is 0 Å². The van der Waals surface area contributed by atoms with Crippen molar-refractivity contribution in [1.82, 2.24) is 0 Å². The van der Waals surface area contributed by atoms with Crippen LogP contribution < -0.4 is 4.90 Å². The summed E-state index contributed by atoms with van der Waals surface area (Å²) in [6.07, 6.45) is 7.09. The molecule has 5 aromatic rings. The van der Waals surface area contributed by atoms with Crippen molar-refractivity contribution in [1.29, 1.82) is 0 Å². The van der Waals surface area contributed by atoms with E-state index in [1.54, 1.807) is 0 Å². The van der Waals surface area contributed by atoms with Gasteiger partial charge in [0.2, 0.25) is 0 Å². The van der Waals surface area contributed by atoms with Gasteiger partial charge in [-0.3, -0.25) is 0 Å². The van der Waals surface area contributed by atoms with Crippen molar-refractivity contribution in [2.75, 3.05) is 11.9 Å². The van der Waals surface area contributed by atoms with Gasteiger partial charge in [-0.1, -0.05) is 72.8 Å². The number of anilines is 1. The summed E-state index contributed by atoms with van der Waals surface area (Å²) in [6.45, 7) is 0. The van der Waals surface area contributed by atoms with Crippen molar-refractivity contribution in [3.8, 4) is 0 Å². The number of allylic oxidation sites excluding steroid dienone is 2. The largest absolute Gasteiger partial charge is 0.456 e. The molecule has 2 nitrogen and oxygen atoms in total.